The molecule has 1 amide bonds. The van der Waals surface area contributed by atoms with Gasteiger partial charge in [-0.1, -0.05) is 48.4 Å². The summed E-state index contributed by atoms with van der Waals surface area (Å²) in [5.41, 5.74) is 7.00. The van der Waals surface area contributed by atoms with Gasteiger partial charge in [-0.25, -0.2) is 4.79 Å². The summed E-state index contributed by atoms with van der Waals surface area (Å²) in [6, 6.07) is 19.3. The van der Waals surface area contributed by atoms with Gasteiger partial charge in [0.2, 0.25) is 0 Å². The number of hydrogen-bond donors (Lipinski definition) is 1. The number of carboxylic acid groups (broad SMARTS) is 1. The van der Waals surface area contributed by atoms with Crippen molar-refractivity contribution in [2.75, 3.05) is 45.9 Å². The fourth-order valence-electron chi connectivity index (χ4n) is 9.31. The lowest BCUT2D eigenvalue weighted by atomic mass is 9.78. The molecule has 3 aromatic carbocycles. The Hall–Kier alpha value is -5.35. The molecule has 340 valence electrons. The van der Waals surface area contributed by atoms with Crippen LogP contribution < -0.4 is 14.2 Å². The standard InChI is InChI=1S/C51H62ClN5O7/c1-35-39(33-63-47-27-46(62-32-38-25-37(28-53)29-54-30-38)40(26-43(47)52)31-56-20-7-6-14-44(56)48(58)59)11-8-12-41(35)42-13-9-15-45(36(42)2)61-24-10-19-55-21-16-51(17-22-55)18-23-57(34-51)49(60)64-50(3,4)5/h8-9,11-13,15,25-27,29-30,44H,6-7,10,14,16-24,31-34H2,1-5H3,(H,58,59)/t44-/m0/s1. The number of nitriles is 1. The fourth-order valence-corrected chi connectivity index (χ4v) is 9.55. The molecule has 4 aromatic rings. The van der Waals surface area contributed by atoms with E-state index in [0.717, 1.165) is 116 Å². The maximum atomic E-state index is 12.7. The number of aromatic nitrogens is 1. The highest BCUT2D eigenvalue weighted by Crippen LogP contribution is 2.41. The number of carbonyl (C=O) groups is 2. The molecule has 64 heavy (non-hydrogen) atoms. The normalized spacial score (nSPS) is 17.8. The molecule has 4 heterocycles. The molecule has 7 rings (SSSR count). The lowest BCUT2D eigenvalue weighted by Crippen LogP contribution is -2.44. The molecule has 3 aliphatic heterocycles. The van der Waals surface area contributed by atoms with Crippen LogP contribution in [0.15, 0.2) is 67.0 Å². The van der Waals surface area contributed by atoms with Crippen molar-refractivity contribution in [3.05, 3.63) is 105 Å². The van der Waals surface area contributed by atoms with Crippen molar-refractivity contribution in [2.24, 2.45) is 5.41 Å². The van der Waals surface area contributed by atoms with Crippen LogP contribution in [0.4, 0.5) is 4.79 Å². The summed E-state index contributed by atoms with van der Waals surface area (Å²) in [5, 5.41) is 19.7. The molecule has 12 nitrogen and oxygen atoms in total. The molecule has 0 bridgehead atoms. The molecule has 3 aliphatic rings. The number of nitrogens with zero attached hydrogens (tertiary/aromatic N) is 5. The molecule has 1 N–H and O–H groups in total. The highest BCUT2D eigenvalue weighted by atomic mass is 35.5. The maximum absolute atomic E-state index is 12.7. The molecule has 0 aliphatic carbocycles. The second-order valence-electron chi connectivity index (χ2n) is 18.7. The van der Waals surface area contributed by atoms with Gasteiger partial charge in [0.1, 0.15) is 48.2 Å². The van der Waals surface area contributed by atoms with Gasteiger partial charge in [-0.05, 0) is 144 Å². The molecular formula is C51H62ClN5O7. The highest BCUT2D eigenvalue weighted by Gasteiger charge is 2.43. The molecular weight excluding hydrogens is 830 g/mol. The minimum absolute atomic E-state index is 0.153. The molecule has 3 fully saturated rings. The average Bonchev–Trinajstić information content (AvgIpc) is 3.69. The Morgan fingerprint density at radius 2 is 1.61 bits per heavy atom. The van der Waals surface area contributed by atoms with Gasteiger partial charge in [0.15, 0.2) is 0 Å². The van der Waals surface area contributed by atoms with E-state index in [2.05, 4.69) is 48.0 Å². The van der Waals surface area contributed by atoms with Crippen LogP contribution in [0.5, 0.6) is 17.2 Å². The van der Waals surface area contributed by atoms with E-state index < -0.39 is 17.6 Å². The number of aliphatic carboxylic acids is 1. The minimum Gasteiger partial charge on any atom is -0.493 e. The van der Waals surface area contributed by atoms with E-state index in [-0.39, 0.29) is 24.7 Å². The molecule has 13 heteroatoms. The van der Waals surface area contributed by atoms with Gasteiger partial charge < -0.3 is 33.9 Å². The largest absolute Gasteiger partial charge is 0.493 e. The molecule has 0 radical (unpaired) electrons. The summed E-state index contributed by atoms with van der Waals surface area (Å²) < 4.78 is 24.8. The van der Waals surface area contributed by atoms with Crippen LogP contribution in [0.3, 0.4) is 0 Å². The number of pyridine rings is 1. The van der Waals surface area contributed by atoms with Crippen molar-refractivity contribution in [1.29, 1.82) is 5.26 Å². The average molecular weight is 893 g/mol. The van der Waals surface area contributed by atoms with Crippen LogP contribution in [0, 0.1) is 30.6 Å². The van der Waals surface area contributed by atoms with Gasteiger partial charge in [0.05, 0.1) is 17.2 Å². The molecule has 3 saturated heterocycles. The number of piperidine rings is 2. The quantitative estimate of drug-likeness (QED) is 0.114. The van der Waals surface area contributed by atoms with Crippen molar-refractivity contribution >= 4 is 23.7 Å². The summed E-state index contributed by atoms with van der Waals surface area (Å²) >= 11 is 6.90. The van der Waals surface area contributed by atoms with Gasteiger partial charge in [-0.2, -0.15) is 5.26 Å². The first kappa shape index (κ1) is 46.6. The summed E-state index contributed by atoms with van der Waals surface area (Å²) in [6.07, 6.45) is 9.51. The van der Waals surface area contributed by atoms with E-state index in [9.17, 15) is 20.0 Å². The Labute approximate surface area is 383 Å². The summed E-state index contributed by atoms with van der Waals surface area (Å²) in [6.45, 7) is 16.6. The highest BCUT2D eigenvalue weighted by molar-refractivity contribution is 6.32. The number of benzene rings is 3. The predicted octanol–water partition coefficient (Wildman–Crippen LogP) is 9.98. The predicted molar refractivity (Wildman–Crippen MR) is 247 cm³/mol. The second-order valence-corrected chi connectivity index (χ2v) is 19.1. The molecule has 0 saturated carbocycles. The van der Waals surface area contributed by atoms with Crippen LogP contribution >= 0.6 is 11.6 Å². The van der Waals surface area contributed by atoms with E-state index in [1.807, 2.05) is 54.8 Å². The Bertz CT molecular complexity index is 2330. The fraction of sp³-hybridized carbons (Fsp3) is 0.490. The number of halogens is 1. The molecule has 0 unspecified atom stereocenters. The monoisotopic (exact) mass is 891 g/mol. The van der Waals surface area contributed by atoms with Crippen LogP contribution in [0.1, 0.15) is 99.1 Å². The van der Waals surface area contributed by atoms with Gasteiger partial charge in [0.25, 0.3) is 0 Å². The van der Waals surface area contributed by atoms with Crippen LogP contribution in [-0.2, 0) is 29.3 Å². The van der Waals surface area contributed by atoms with Crippen molar-refractivity contribution < 1.29 is 33.6 Å². The van der Waals surface area contributed by atoms with Gasteiger partial charge in [0, 0.05) is 55.8 Å². The zero-order valence-electron chi connectivity index (χ0n) is 38.0. The van der Waals surface area contributed by atoms with E-state index in [0.29, 0.717) is 48.2 Å². The zero-order chi connectivity index (χ0) is 45.4. The number of carbonyl (C=O) groups excluding carboxylic acids is 1. The van der Waals surface area contributed by atoms with E-state index in [1.54, 1.807) is 18.3 Å². The van der Waals surface area contributed by atoms with E-state index in [1.165, 1.54) is 6.20 Å². The van der Waals surface area contributed by atoms with Crippen LogP contribution in [0.2, 0.25) is 5.02 Å². The lowest BCUT2D eigenvalue weighted by Gasteiger charge is -2.39. The first-order valence-corrected chi connectivity index (χ1v) is 23.0. The third-order valence-corrected chi connectivity index (χ3v) is 13.3. The first-order valence-electron chi connectivity index (χ1n) is 22.6. The van der Waals surface area contributed by atoms with E-state index in [4.69, 9.17) is 30.5 Å². The second kappa shape index (κ2) is 20.7. The third kappa shape index (κ3) is 11.7. The van der Waals surface area contributed by atoms with Crippen molar-refractivity contribution in [3.63, 3.8) is 0 Å². The summed E-state index contributed by atoms with van der Waals surface area (Å²) in [7, 11) is 0. The van der Waals surface area contributed by atoms with Crippen molar-refractivity contribution in [3.8, 4) is 34.4 Å². The number of rotatable bonds is 15. The van der Waals surface area contributed by atoms with Gasteiger partial charge in [-0.15, -0.1) is 0 Å². The smallest absolute Gasteiger partial charge is 0.410 e. The lowest BCUT2D eigenvalue weighted by molar-refractivity contribution is -0.144. The molecule has 1 spiro atoms. The summed E-state index contributed by atoms with van der Waals surface area (Å²) in [4.78, 5) is 35.4. The zero-order valence-corrected chi connectivity index (χ0v) is 38.7. The number of amides is 1. The van der Waals surface area contributed by atoms with Crippen molar-refractivity contribution in [1.82, 2.24) is 19.7 Å². The molecule has 1 aromatic heterocycles. The van der Waals surface area contributed by atoms with Crippen molar-refractivity contribution in [2.45, 2.75) is 111 Å². The Morgan fingerprint density at radius 1 is 0.875 bits per heavy atom. The Kier molecular flexibility index (Phi) is 15.0. The SMILES string of the molecule is Cc1c(COc2cc(OCc3cncc(C#N)c3)c(CN3CCCC[C@H]3C(=O)O)cc2Cl)cccc1-c1cccc(OCCCN2CCC3(CC2)CCN(C(=O)OC(C)(C)C)C3)c1C. The minimum atomic E-state index is -0.835. The number of hydrogen-bond acceptors (Lipinski definition) is 10. The topological polar surface area (TPSA) is 138 Å². The summed E-state index contributed by atoms with van der Waals surface area (Å²) in [5.74, 6) is 1.01. The Balaban J connectivity index is 0.969. The number of ether oxygens (including phenoxy) is 4. The van der Waals surface area contributed by atoms with Gasteiger partial charge >= 0.3 is 12.1 Å². The van der Waals surface area contributed by atoms with Gasteiger partial charge in [-0.3, -0.25) is 14.7 Å². The third-order valence-electron chi connectivity index (χ3n) is 13.0. The van der Waals surface area contributed by atoms with Crippen LogP contribution in [-0.4, -0.2) is 94.4 Å². The molecule has 1 atom stereocenters. The first-order chi connectivity index (χ1) is 30.7. The number of carboxylic acids is 1. The van der Waals surface area contributed by atoms with E-state index >= 15 is 0 Å². The number of likely N-dealkylation sites (tertiary alicyclic amines) is 3. The Morgan fingerprint density at radius 3 is 2.36 bits per heavy atom. The maximum Gasteiger partial charge on any atom is 0.410 e. The van der Waals surface area contributed by atoms with Crippen LogP contribution in [0.25, 0.3) is 11.1 Å².